The molecule has 3 heterocycles. The first kappa shape index (κ1) is 24.4. The summed E-state index contributed by atoms with van der Waals surface area (Å²) in [5.74, 6) is 1.11. The second kappa shape index (κ2) is 9.97. The Morgan fingerprint density at radius 2 is 2.00 bits per heavy atom. The van der Waals surface area contributed by atoms with Crippen LogP contribution in [0.25, 0.3) is 5.70 Å². The largest absolute Gasteiger partial charge is 0.476 e. The molecule has 4 atom stereocenters. The molecule has 8 heteroatoms. The molecular weight excluding hydrogens is 442 g/mol. The summed E-state index contributed by atoms with van der Waals surface area (Å²) in [4.78, 5) is 38.4. The zero-order valence-electron chi connectivity index (χ0n) is 21.1. The number of nitrogens with zero attached hydrogens (tertiary/aromatic N) is 3. The van der Waals surface area contributed by atoms with Crippen LogP contribution in [-0.4, -0.2) is 65.3 Å². The van der Waals surface area contributed by atoms with Gasteiger partial charge in [-0.2, -0.15) is 4.98 Å². The van der Waals surface area contributed by atoms with Gasteiger partial charge in [-0.3, -0.25) is 9.59 Å². The molecule has 4 fully saturated rings. The van der Waals surface area contributed by atoms with E-state index in [0.717, 1.165) is 50.9 Å². The van der Waals surface area contributed by atoms with Crippen LogP contribution in [0.1, 0.15) is 88.6 Å². The number of likely N-dealkylation sites (N-methyl/N-ethyl adjacent to an activating group) is 1. The van der Waals surface area contributed by atoms with Crippen molar-refractivity contribution in [3.8, 4) is 5.88 Å². The summed E-state index contributed by atoms with van der Waals surface area (Å²) in [5.41, 5.74) is 7.51. The number of carbonyl (C=O) groups excluding carboxylic acids is 2. The van der Waals surface area contributed by atoms with Gasteiger partial charge in [0.25, 0.3) is 0 Å². The smallest absolute Gasteiger partial charge is 0.217 e. The van der Waals surface area contributed by atoms with Gasteiger partial charge in [-0.15, -0.1) is 0 Å². The van der Waals surface area contributed by atoms with E-state index in [1.165, 1.54) is 6.42 Å². The highest BCUT2D eigenvalue weighted by atomic mass is 16.5. The fourth-order valence-electron chi connectivity index (χ4n) is 6.53. The van der Waals surface area contributed by atoms with E-state index in [9.17, 15) is 9.59 Å². The number of nitrogens with two attached hydrogens (primary N) is 1. The Balaban J connectivity index is 1.48. The van der Waals surface area contributed by atoms with Crippen LogP contribution in [-0.2, 0) is 9.59 Å². The van der Waals surface area contributed by atoms with Gasteiger partial charge in [0, 0.05) is 36.1 Å². The van der Waals surface area contributed by atoms with E-state index in [1.807, 2.05) is 6.07 Å². The monoisotopic (exact) mass is 481 g/mol. The number of nitrogens with one attached hydrogen (secondary N) is 1. The molecule has 35 heavy (non-hydrogen) atoms. The average Bonchev–Trinajstić information content (AvgIpc) is 3.48. The lowest BCUT2D eigenvalue weighted by molar-refractivity contribution is -0.143. The van der Waals surface area contributed by atoms with Gasteiger partial charge in [-0.05, 0) is 78.4 Å². The molecule has 8 nitrogen and oxygen atoms in total. The summed E-state index contributed by atoms with van der Waals surface area (Å²) in [6.45, 7) is 4.76. The number of allylic oxidation sites excluding steroid dienone is 1. The minimum atomic E-state index is -0.885. The number of ether oxygens (including phenoxy) is 1. The van der Waals surface area contributed by atoms with Crippen LogP contribution in [0.5, 0.6) is 5.88 Å². The van der Waals surface area contributed by atoms with E-state index in [2.05, 4.69) is 29.2 Å². The zero-order valence-corrected chi connectivity index (χ0v) is 21.1. The normalized spacial score (nSPS) is 33.5. The highest BCUT2D eigenvalue weighted by molar-refractivity contribution is 6.17. The number of ketones is 2. The molecule has 1 spiro atoms. The quantitative estimate of drug-likeness (QED) is 0.488. The van der Waals surface area contributed by atoms with Crippen LogP contribution in [0.15, 0.2) is 11.6 Å². The number of carbonyl (C=O) groups is 2. The maximum Gasteiger partial charge on any atom is 0.217 e. The molecule has 0 unspecified atom stereocenters. The first-order chi connectivity index (χ1) is 16.9. The van der Waals surface area contributed by atoms with Crippen LogP contribution in [0, 0.1) is 5.41 Å². The summed E-state index contributed by atoms with van der Waals surface area (Å²) in [7, 11) is 2.13. The Morgan fingerprint density at radius 3 is 2.71 bits per heavy atom. The third-order valence-electron chi connectivity index (χ3n) is 8.82. The summed E-state index contributed by atoms with van der Waals surface area (Å²) in [5, 5.41) is 3.49. The molecule has 2 saturated carbocycles. The van der Waals surface area contributed by atoms with Crippen molar-refractivity contribution in [2.45, 2.75) is 89.1 Å². The second-order valence-electron chi connectivity index (χ2n) is 11.0. The number of likely N-dealkylation sites (tertiary alicyclic amines) is 1. The van der Waals surface area contributed by atoms with E-state index in [1.54, 1.807) is 0 Å². The molecular formula is C27H39N5O3. The molecule has 1 aromatic heterocycles. The van der Waals surface area contributed by atoms with Crippen molar-refractivity contribution in [1.82, 2.24) is 20.2 Å². The van der Waals surface area contributed by atoms with Crippen LogP contribution < -0.4 is 15.8 Å². The van der Waals surface area contributed by atoms with Gasteiger partial charge in [-0.25, -0.2) is 4.98 Å². The lowest BCUT2D eigenvalue weighted by atomic mass is 9.62. The average molecular weight is 482 g/mol. The van der Waals surface area contributed by atoms with Crippen LogP contribution in [0.4, 0.5) is 0 Å². The number of Topliss-reactive ketones (excluding diaryl/α,β-unsaturated/α-hetero) is 2. The minimum absolute atomic E-state index is 0.0870. The molecule has 190 valence electrons. The third-order valence-corrected chi connectivity index (χ3v) is 8.82. The lowest BCUT2D eigenvalue weighted by Gasteiger charge is -2.38. The van der Waals surface area contributed by atoms with Gasteiger partial charge in [0.1, 0.15) is 12.4 Å². The maximum atomic E-state index is 13.7. The molecule has 2 aliphatic heterocycles. The van der Waals surface area contributed by atoms with E-state index >= 15 is 0 Å². The molecule has 3 N–H and O–H groups in total. The molecule has 0 amide bonds. The molecule has 0 radical (unpaired) electrons. The van der Waals surface area contributed by atoms with E-state index in [0.29, 0.717) is 67.3 Å². The maximum absolute atomic E-state index is 13.7. The predicted molar refractivity (Wildman–Crippen MR) is 134 cm³/mol. The second-order valence-corrected chi connectivity index (χ2v) is 11.0. The van der Waals surface area contributed by atoms with Crippen molar-refractivity contribution in [3.05, 3.63) is 23.2 Å². The number of hydrogen-bond donors (Lipinski definition) is 2. The van der Waals surface area contributed by atoms with Gasteiger partial charge in [0.15, 0.2) is 11.6 Å². The van der Waals surface area contributed by atoms with E-state index in [-0.39, 0.29) is 17.5 Å². The van der Waals surface area contributed by atoms with Crippen molar-refractivity contribution in [1.29, 1.82) is 0 Å². The standard InChI is InChI=1S/C27H39N5O3/c1-17-19(10-13-29-17)21-15-23(35-16-18-7-6-14-32(18)2)31-26(30-21)24(28)20-8-5-12-27(25(20)34)11-4-3-9-22(27)33/h15,17-19,29H,3-14,16,28H2,1-2H3/b24-20-/t17-,18+,19+,27-/m1/s1. The van der Waals surface area contributed by atoms with Gasteiger partial charge >= 0.3 is 0 Å². The van der Waals surface area contributed by atoms with E-state index < -0.39 is 5.41 Å². The topological polar surface area (TPSA) is 110 Å². The van der Waals surface area contributed by atoms with Crippen LogP contribution in [0.3, 0.4) is 0 Å². The predicted octanol–water partition coefficient (Wildman–Crippen LogP) is 2.97. The van der Waals surface area contributed by atoms with Crippen molar-refractivity contribution >= 4 is 17.3 Å². The summed E-state index contributed by atoms with van der Waals surface area (Å²) < 4.78 is 6.20. The summed E-state index contributed by atoms with van der Waals surface area (Å²) in [6.07, 6.45) is 8.17. The fourth-order valence-corrected chi connectivity index (χ4v) is 6.53. The van der Waals surface area contributed by atoms with Gasteiger partial charge < -0.3 is 20.7 Å². The molecule has 2 saturated heterocycles. The van der Waals surface area contributed by atoms with Gasteiger partial charge in [-0.1, -0.05) is 6.42 Å². The highest BCUT2D eigenvalue weighted by Gasteiger charge is 2.49. The first-order valence-electron chi connectivity index (χ1n) is 13.4. The summed E-state index contributed by atoms with van der Waals surface area (Å²) in [6, 6.07) is 2.61. The lowest BCUT2D eigenvalue weighted by Crippen LogP contribution is -2.45. The molecule has 0 aromatic carbocycles. The first-order valence-corrected chi connectivity index (χ1v) is 13.4. The van der Waals surface area contributed by atoms with E-state index in [4.69, 9.17) is 15.5 Å². The highest BCUT2D eigenvalue weighted by Crippen LogP contribution is 2.45. The molecule has 4 aliphatic rings. The Hall–Kier alpha value is -2.32. The number of hydrogen-bond acceptors (Lipinski definition) is 8. The van der Waals surface area contributed by atoms with Crippen molar-refractivity contribution in [2.24, 2.45) is 11.1 Å². The van der Waals surface area contributed by atoms with Crippen molar-refractivity contribution < 1.29 is 14.3 Å². The third kappa shape index (κ3) is 4.62. The van der Waals surface area contributed by atoms with Crippen molar-refractivity contribution in [2.75, 3.05) is 26.7 Å². The molecule has 0 bridgehead atoms. The SMILES string of the molecule is C[C@H]1NCC[C@@H]1c1cc(OC[C@@H]2CCCN2C)nc(/C(N)=C2\CCC[C@@]3(CCCCC3=O)C2=O)n1. The van der Waals surface area contributed by atoms with Crippen molar-refractivity contribution in [3.63, 3.8) is 0 Å². The van der Waals surface area contributed by atoms with Gasteiger partial charge in [0.05, 0.1) is 16.8 Å². The Bertz CT molecular complexity index is 1020. The minimum Gasteiger partial charge on any atom is -0.476 e. The van der Waals surface area contributed by atoms with Gasteiger partial charge in [0.2, 0.25) is 5.88 Å². The summed E-state index contributed by atoms with van der Waals surface area (Å²) >= 11 is 0. The molecule has 1 aromatic rings. The Labute approximate surface area is 208 Å². The van der Waals surface area contributed by atoms with Crippen LogP contribution >= 0.6 is 0 Å². The fraction of sp³-hybridized carbons (Fsp3) is 0.704. The van der Waals surface area contributed by atoms with Crippen LogP contribution in [0.2, 0.25) is 0 Å². The number of rotatable bonds is 5. The Kier molecular flexibility index (Phi) is 6.95. The number of aromatic nitrogens is 2. The molecule has 5 rings (SSSR count). The molecule has 2 aliphatic carbocycles. The Morgan fingerprint density at radius 1 is 1.17 bits per heavy atom. The zero-order chi connectivity index (χ0) is 24.6.